The Hall–Kier alpha value is -1.71. The maximum Gasteiger partial charge on any atom is 0.303 e. The van der Waals surface area contributed by atoms with E-state index < -0.39 is 5.97 Å². The third-order valence-electron chi connectivity index (χ3n) is 4.55. The van der Waals surface area contributed by atoms with Gasteiger partial charge in [0.25, 0.3) is 0 Å². The van der Waals surface area contributed by atoms with Crippen LogP contribution in [0.3, 0.4) is 0 Å². The van der Waals surface area contributed by atoms with Crippen LogP contribution in [-0.4, -0.2) is 24.3 Å². The minimum atomic E-state index is -0.732. The fourth-order valence-corrected chi connectivity index (χ4v) is 2.93. The summed E-state index contributed by atoms with van der Waals surface area (Å²) in [7, 11) is 1.64. The summed E-state index contributed by atoms with van der Waals surface area (Å²) in [6.07, 6.45) is 6.14. The zero-order valence-electron chi connectivity index (χ0n) is 12.4. The summed E-state index contributed by atoms with van der Waals surface area (Å²) < 4.78 is 11.4. The van der Waals surface area contributed by atoms with E-state index in [1.807, 2.05) is 18.2 Å². The number of hydrogen-bond acceptors (Lipinski definition) is 3. The van der Waals surface area contributed by atoms with E-state index in [1.54, 1.807) is 7.11 Å². The quantitative estimate of drug-likeness (QED) is 0.833. The van der Waals surface area contributed by atoms with Crippen LogP contribution in [0, 0.1) is 5.92 Å². The lowest BCUT2D eigenvalue weighted by molar-refractivity contribution is -0.137. The Morgan fingerprint density at radius 2 is 2.05 bits per heavy atom. The molecule has 0 saturated heterocycles. The number of carboxylic acid groups (broad SMARTS) is 1. The first-order chi connectivity index (χ1) is 10.2. The number of carbonyl (C=O) groups is 1. The fraction of sp³-hybridized carbons (Fsp3) is 0.588. The zero-order chi connectivity index (χ0) is 14.8. The van der Waals surface area contributed by atoms with Gasteiger partial charge >= 0.3 is 5.97 Å². The molecular formula is C17H22O4. The highest BCUT2D eigenvalue weighted by molar-refractivity contribution is 5.68. The topological polar surface area (TPSA) is 55.8 Å². The summed E-state index contributed by atoms with van der Waals surface area (Å²) in [6.45, 7) is 0. The fourth-order valence-electron chi connectivity index (χ4n) is 2.93. The molecule has 3 rings (SSSR count). The van der Waals surface area contributed by atoms with Gasteiger partial charge in [-0.15, -0.1) is 0 Å². The summed E-state index contributed by atoms with van der Waals surface area (Å²) in [5.41, 5.74) is 1.06. The molecule has 114 valence electrons. The smallest absolute Gasteiger partial charge is 0.303 e. The number of ether oxygens (including phenoxy) is 2. The maximum absolute atomic E-state index is 11.1. The van der Waals surface area contributed by atoms with Gasteiger partial charge in [-0.25, -0.2) is 0 Å². The van der Waals surface area contributed by atoms with Crippen molar-refractivity contribution in [3.8, 4) is 11.5 Å². The minimum absolute atomic E-state index is 0.0946. The van der Waals surface area contributed by atoms with Crippen LogP contribution >= 0.6 is 0 Å². The molecule has 2 aliphatic carbocycles. The van der Waals surface area contributed by atoms with Crippen LogP contribution in [0.25, 0.3) is 0 Å². The third kappa shape index (κ3) is 3.31. The first-order valence-electron chi connectivity index (χ1n) is 7.73. The molecule has 1 unspecified atom stereocenters. The van der Waals surface area contributed by atoms with E-state index in [-0.39, 0.29) is 18.4 Å². The Labute approximate surface area is 125 Å². The largest absolute Gasteiger partial charge is 0.493 e. The molecule has 21 heavy (non-hydrogen) atoms. The highest BCUT2D eigenvalue weighted by Gasteiger charge is 2.34. The van der Waals surface area contributed by atoms with Crippen LogP contribution in [0.5, 0.6) is 11.5 Å². The SMILES string of the molecule is COc1ccc(C(CC(=O)O)C2CC2)cc1OC1CCC1. The zero-order valence-corrected chi connectivity index (χ0v) is 12.4. The van der Waals surface area contributed by atoms with Crippen molar-refractivity contribution in [2.75, 3.05) is 7.11 Å². The van der Waals surface area contributed by atoms with Gasteiger partial charge in [0.15, 0.2) is 11.5 Å². The van der Waals surface area contributed by atoms with Crippen molar-refractivity contribution >= 4 is 5.97 Å². The van der Waals surface area contributed by atoms with E-state index in [2.05, 4.69) is 0 Å². The molecule has 1 atom stereocenters. The second-order valence-electron chi connectivity index (χ2n) is 6.12. The molecule has 0 amide bonds. The highest BCUT2D eigenvalue weighted by atomic mass is 16.5. The van der Waals surface area contributed by atoms with Gasteiger partial charge in [-0.1, -0.05) is 6.07 Å². The molecule has 1 aromatic carbocycles. The number of rotatable bonds is 7. The Kier molecular flexibility index (Phi) is 4.04. The summed E-state index contributed by atoms with van der Waals surface area (Å²) >= 11 is 0. The molecule has 0 aromatic heterocycles. The van der Waals surface area contributed by atoms with Crippen LogP contribution < -0.4 is 9.47 Å². The maximum atomic E-state index is 11.1. The van der Waals surface area contributed by atoms with Gasteiger partial charge in [0.1, 0.15) is 0 Å². The monoisotopic (exact) mass is 290 g/mol. The number of hydrogen-bond donors (Lipinski definition) is 1. The van der Waals surface area contributed by atoms with Crippen molar-refractivity contribution in [2.24, 2.45) is 5.92 Å². The van der Waals surface area contributed by atoms with E-state index in [0.717, 1.165) is 42.7 Å². The predicted molar refractivity (Wildman–Crippen MR) is 79.0 cm³/mol. The van der Waals surface area contributed by atoms with Gasteiger partial charge in [0.05, 0.1) is 19.6 Å². The molecular weight excluding hydrogens is 268 g/mol. The molecule has 0 heterocycles. The second-order valence-corrected chi connectivity index (χ2v) is 6.12. The lowest BCUT2D eigenvalue weighted by Crippen LogP contribution is -2.24. The number of aliphatic carboxylic acids is 1. The number of carboxylic acids is 1. The molecule has 0 spiro atoms. The van der Waals surface area contributed by atoms with Gasteiger partial charge in [0.2, 0.25) is 0 Å². The summed E-state index contributed by atoms with van der Waals surface area (Å²) in [6, 6.07) is 5.88. The van der Waals surface area contributed by atoms with Crippen molar-refractivity contribution in [2.45, 2.75) is 50.5 Å². The van der Waals surface area contributed by atoms with Crippen molar-refractivity contribution in [1.82, 2.24) is 0 Å². The van der Waals surface area contributed by atoms with Crippen LogP contribution in [0.1, 0.15) is 50.0 Å². The van der Waals surface area contributed by atoms with Gasteiger partial charge in [-0.2, -0.15) is 0 Å². The lowest BCUT2D eigenvalue weighted by atomic mass is 9.90. The van der Waals surface area contributed by atoms with Crippen LogP contribution in [0.4, 0.5) is 0 Å². The van der Waals surface area contributed by atoms with Gasteiger partial charge < -0.3 is 14.6 Å². The van der Waals surface area contributed by atoms with Gasteiger partial charge in [-0.3, -0.25) is 4.79 Å². The van der Waals surface area contributed by atoms with E-state index in [4.69, 9.17) is 14.6 Å². The van der Waals surface area contributed by atoms with Crippen LogP contribution in [0.2, 0.25) is 0 Å². The number of benzene rings is 1. The summed E-state index contributed by atoms with van der Waals surface area (Å²) in [4.78, 5) is 11.1. The average Bonchev–Trinajstić information content (AvgIpc) is 3.24. The predicted octanol–water partition coefficient (Wildman–Crippen LogP) is 3.59. The minimum Gasteiger partial charge on any atom is -0.493 e. The molecule has 1 N–H and O–H groups in total. The average molecular weight is 290 g/mol. The molecule has 2 fully saturated rings. The van der Waals surface area contributed by atoms with Crippen molar-refractivity contribution in [1.29, 1.82) is 0 Å². The molecule has 1 aromatic rings. The standard InChI is InChI=1S/C17H22O4/c1-20-15-8-7-12(9-16(15)21-13-3-2-4-13)14(10-17(18)19)11-5-6-11/h7-9,11,13-14H,2-6,10H2,1H3,(H,18,19). The summed E-state index contributed by atoms with van der Waals surface area (Å²) in [5, 5.41) is 9.13. The molecule has 0 radical (unpaired) electrons. The Bertz CT molecular complexity index is 518. The normalized spacial score (nSPS) is 19.7. The Morgan fingerprint density at radius 1 is 1.29 bits per heavy atom. The van der Waals surface area contributed by atoms with E-state index in [9.17, 15) is 4.79 Å². The second kappa shape index (κ2) is 5.96. The Balaban J connectivity index is 1.83. The molecule has 2 aliphatic rings. The summed E-state index contributed by atoms with van der Waals surface area (Å²) in [5.74, 6) is 1.36. The van der Waals surface area contributed by atoms with E-state index in [0.29, 0.717) is 5.92 Å². The molecule has 2 saturated carbocycles. The van der Waals surface area contributed by atoms with Crippen LogP contribution in [-0.2, 0) is 4.79 Å². The van der Waals surface area contributed by atoms with E-state index in [1.165, 1.54) is 6.42 Å². The third-order valence-corrected chi connectivity index (χ3v) is 4.55. The van der Waals surface area contributed by atoms with Crippen molar-refractivity contribution < 1.29 is 19.4 Å². The highest BCUT2D eigenvalue weighted by Crippen LogP contribution is 2.46. The first kappa shape index (κ1) is 14.2. The Morgan fingerprint density at radius 3 is 2.57 bits per heavy atom. The van der Waals surface area contributed by atoms with Gasteiger partial charge in [0, 0.05) is 0 Å². The first-order valence-corrected chi connectivity index (χ1v) is 7.73. The van der Waals surface area contributed by atoms with Crippen molar-refractivity contribution in [3.63, 3.8) is 0 Å². The molecule has 0 bridgehead atoms. The van der Waals surface area contributed by atoms with Crippen LogP contribution in [0.15, 0.2) is 18.2 Å². The molecule has 0 aliphatic heterocycles. The lowest BCUT2D eigenvalue weighted by Gasteiger charge is -2.28. The molecule has 4 nitrogen and oxygen atoms in total. The van der Waals surface area contributed by atoms with Gasteiger partial charge in [-0.05, 0) is 61.6 Å². The molecule has 4 heteroatoms. The number of methoxy groups -OCH3 is 1. The van der Waals surface area contributed by atoms with E-state index >= 15 is 0 Å². The van der Waals surface area contributed by atoms with Crippen molar-refractivity contribution in [3.05, 3.63) is 23.8 Å².